The van der Waals surface area contributed by atoms with Gasteiger partial charge in [0.15, 0.2) is 0 Å². The van der Waals surface area contributed by atoms with E-state index < -0.39 is 17.9 Å². The molecule has 1 aromatic rings. The van der Waals surface area contributed by atoms with E-state index >= 15 is 0 Å². The minimum absolute atomic E-state index is 0.0111. The SMILES string of the molecule is COCCCC(NC(=O)c1ncn[nH]1)C(=O)O. The number of carboxylic acid groups (broad SMARTS) is 1. The van der Waals surface area contributed by atoms with E-state index in [1.54, 1.807) is 0 Å². The number of amides is 1. The standard InChI is InChI=1S/C9H14N4O4/c1-17-4-2-3-6(9(15)16)12-8(14)7-10-5-11-13-7/h5-6H,2-4H2,1H3,(H,12,14)(H,15,16)(H,10,11,13). The number of hydrogen-bond donors (Lipinski definition) is 3. The van der Waals surface area contributed by atoms with Gasteiger partial charge in [0.1, 0.15) is 12.4 Å². The number of carboxylic acids is 1. The summed E-state index contributed by atoms with van der Waals surface area (Å²) in [6, 6.07) is -0.956. The van der Waals surface area contributed by atoms with Crippen molar-refractivity contribution in [3.05, 3.63) is 12.2 Å². The summed E-state index contributed by atoms with van der Waals surface area (Å²) in [4.78, 5) is 26.0. The highest BCUT2D eigenvalue weighted by Crippen LogP contribution is 1.99. The van der Waals surface area contributed by atoms with Gasteiger partial charge in [0.25, 0.3) is 5.91 Å². The highest BCUT2D eigenvalue weighted by atomic mass is 16.5. The van der Waals surface area contributed by atoms with Crippen LogP contribution in [0.4, 0.5) is 0 Å². The lowest BCUT2D eigenvalue weighted by atomic mass is 10.1. The molecule has 0 aliphatic heterocycles. The van der Waals surface area contributed by atoms with Gasteiger partial charge in [0.05, 0.1) is 0 Å². The average molecular weight is 242 g/mol. The first-order valence-electron chi connectivity index (χ1n) is 5.03. The molecular formula is C9H14N4O4. The molecule has 0 saturated heterocycles. The van der Waals surface area contributed by atoms with Gasteiger partial charge in [-0.15, -0.1) is 0 Å². The van der Waals surface area contributed by atoms with Crippen LogP contribution < -0.4 is 5.32 Å². The molecule has 3 N–H and O–H groups in total. The topological polar surface area (TPSA) is 117 Å². The van der Waals surface area contributed by atoms with Crippen LogP contribution in [0, 0.1) is 0 Å². The summed E-state index contributed by atoms with van der Waals surface area (Å²) in [5.74, 6) is -1.69. The van der Waals surface area contributed by atoms with Crippen LogP contribution in [0.2, 0.25) is 0 Å². The van der Waals surface area contributed by atoms with E-state index in [9.17, 15) is 9.59 Å². The predicted octanol–water partition coefficient (Wildman–Crippen LogP) is -0.586. The lowest BCUT2D eigenvalue weighted by Crippen LogP contribution is -2.41. The Bertz CT molecular complexity index is 365. The van der Waals surface area contributed by atoms with Gasteiger partial charge >= 0.3 is 5.97 Å². The molecule has 94 valence electrons. The molecule has 0 saturated carbocycles. The van der Waals surface area contributed by atoms with E-state index in [-0.39, 0.29) is 5.82 Å². The summed E-state index contributed by atoms with van der Waals surface area (Å²) < 4.78 is 4.82. The van der Waals surface area contributed by atoms with Crippen molar-refractivity contribution in [2.45, 2.75) is 18.9 Å². The molecule has 0 bridgehead atoms. The van der Waals surface area contributed by atoms with Crippen molar-refractivity contribution in [3.8, 4) is 0 Å². The number of H-pyrrole nitrogens is 1. The Morgan fingerprint density at radius 3 is 2.94 bits per heavy atom. The highest BCUT2D eigenvalue weighted by molar-refractivity contribution is 5.93. The highest BCUT2D eigenvalue weighted by Gasteiger charge is 2.21. The monoisotopic (exact) mass is 242 g/mol. The number of rotatable bonds is 7. The lowest BCUT2D eigenvalue weighted by molar-refractivity contribution is -0.139. The normalized spacial score (nSPS) is 12.1. The third-order valence-electron chi connectivity index (χ3n) is 2.07. The Hall–Kier alpha value is -1.96. The number of aromatic amines is 1. The second-order valence-corrected chi connectivity index (χ2v) is 3.33. The van der Waals surface area contributed by atoms with Crippen LogP contribution >= 0.6 is 0 Å². The van der Waals surface area contributed by atoms with Crippen molar-refractivity contribution in [1.29, 1.82) is 0 Å². The van der Waals surface area contributed by atoms with Crippen molar-refractivity contribution < 1.29 is 19.4 Å². The Morgan fingerprint density at radius 1 is 1.65 bits per heavy atom. The minimum atomic E-state index is -1.09. The molecule has 0 aliphatic rings. The summed E-state index contributed by atoms with van der Waals surface area (Å²) >= 11 is 0. The van der Waals surface area contributed by atoms with Crippen molar-refractivity contribution >= 4 is 11.9 Å². The number of ether oxygens (including phenoxy) is 1. The molecule has 0 radical (unpaired) electrons. The first-order valence-corrected chi connectivity index (χ1v) is 5.03. The van der Waals surface area contributed by atoms with Crippen molar-refractivity contribution in [2.75, 3.05) is 13.7 Å². The molecule has 1 amide bonds. The van der Waals surface area contributed by atoms with Crippen LogP contribution in [0.3, 0.4) is 0 Å². The molecular weight excluding hydrogens is 228 g/mol. The number of hydrogen-bond acceptors (Lipinski definition) is 5. The number of aliphatic carboxylic acids is 1. The summed E-state index contributed by atoms with van der Waals surface area (Å²) in [5, 5.41) is 17.1. The third kappa shape index (κ3) is 4.19. The molecule has 1 rings (SSSR count). The molecule has 1 atom stereocenters. The number of nitrogens with zero attached hydrogens (tertiary/aromatic N) is 2. The van der Waals surface area contributed by atoms with Crippen LogP contribution in [0.1, 0.15) is 23.5 Å². The van der Waals surface area contributed by atoms with Gasteiger partial charge in [-0.25, -0.2) is 9.78 Å². The maximum Gasteiger partial charge on any atom is 0.326 e. The van der Waals surface area contributed by atoms with Crippen LogP contribution in [0.15, 0.2) is 6.33 Å². The van der Waals surface area contributed by atoms with E-state index in [4.69, 9.17) is 9.84 Å². The molecule has 1 heterocycles. The number of methoxy groups -OCH3 is 1. The van der Waals surface area contributed by atoms with Crippen LogP contribution in [0.5, 0.6) is 0 Å². The fraction of sp³-hybridized carbons (Fsp3) is 0.556. The second-order valence-electron chi connectivity index (χ2n) is 3.33. The van der Waals surface area contributed by atoms with Gasteiger partial charge in [0, 0.05) is 13.7 Å². The van der Waals surface area contributed by atoms with Gasteiger partial charge < -0.3 is 15.2 Å². The van der Waals surface area contributed by atoms with Gasteiger partial charge in [-0.3, -0.25) is 9.89 Å². The third-order valence-corrected chi connectivity index (χ3v) is 2.07. The molecule has 0 fully saturated rings. The predicted molar refractivity (Wildman–Crippen MR) is 56.4 cm³/mol. The number of carbonyl (C=O) groups is 2. The molecule has 0 aromatic carbocycles. The molecule has 0 aliphatic carbocycles. The summed E-state index contributed by atoms with van der Waals surface area (Å²) in [5.41, 5.74) is 0. The second kappa shape index (κ2) is 6.59. The summed E-state index contributed by atoms with van der Waals surface area (Å²) in [6.07, 6.45) is 2.02. The smallest absolute Gasteiger partial charge is 0.326 e. The van der Waals surface area contributed by atoms with Crippen molar-refractivity contribution in [3.63, 3.8) is 0 Å². The van der Waals surface area contributed by atoms with E-state index in [2.05, 4.69) is 20.5 Å². The van der Waals surface area contributed by atoms with Crippen molar-refractivity contribution in [1.82, 2.24) is 20.5 Å². The number of nitrogens with one attached hydrogen (secondary N) is 2. The molecule has 17 heavy (non-hydrogen) atoms. The Balaban J connectivity index is 2.49. The van der Waals surface area contributed by atoms with E-state index in [0.29, 0.717) is 19.4 Å². The summed E-state index contributed by atoms with van der Waals surface area (Å²) in [7, 11) is 1.53. The van der Waals surface area contributed by atoms with Gasteiger partial charge in [-0.2, -0.15) is 5.10 Å². The Morgan fingerprint density at radius 2 is 2.41 bits per heavy atom. The maximum absolute atomic E-state index is 11.5. The lowest BCUT2D eigenvalue weighted by Gasteiger charge is -2.12. The van der Waals surface area contributed by atoms with Crippen LogP contribution in [-0.4, -0.2) is 51.9 Å². The fourth-order valence-electron chi connectivity index (χ4n) is 1.23. The van der Waals surface area contributed by atoms with Crippen molar-refractivity contribution in [2.24, 2.45) is 0 Å². The largest absolute Gasteiger partial charge is 0.480 e. The van der Waals surface area contributed by atoms with Crippen LogP contribution in [-0.2, 0) is 9.53 Å². The van der Waals surface area contributed by atoms with E-state index in [0.717, 1.165) is 0 Å². The molecule has 8 nitrogen and oxygen atoms in total. The minimum Gasteiger partial charge on any atom is -0.480 e. The zero-order valence-electron chi connectivity index (χ0n) is 9.34. The summed E-state index contributed by atoms with van der Waals surface area (Å²) in [6.45, 7) is 0.446. The first kappa shape index (κ1) is 13.1. The number of carbonyl (C=O) groups excluding carboxylic acids is 1. The molecule has 0 spiro atoms. The zero-order valence-corrected chi connectivity index (χ0v) is 9.34. The Kier molecular flexibility index (Phi) is 5.08. The molecule has 1 unspecified atom stereocenters. The van der Waals surface area contributed by atoms with E-state index in [1.165, 1.54) is 13.4 Å². The van der Waals surface area contributed by atoms with Gasteiger partial charge in [-0.1, -0.05) is 0 Å². The van der Waals surface area contributed by atoms with Crippen LogP contribution in [0.25, 0.3) is 0 Å². The molecule has 1 aromatic heterocycles. The van der Waals surface area contributed by atoms with Gasteiger partial charge in [0.2, 0.25) is 5.82 Å². The molecule has 8 heteroatoms. The Labute approximate surface area is 97.4 Å². The number of aromatic nitrogens is 3. The zero-order chi connectivity index (χ0) is 12.7. The van der Waals surface area contributed by atoms with Gasteiger partial charge in [-0.05, 0) is 12.8 Å². The average Bonchev–Trinajstić information content (AvgIpc) is 2.81. The maximum atomic E-state index is 11.5. The fourth-order valence-corrected chi connectivity index (χ4v) is 1.23. The first-order chi connectivity index (χ1) is 8.15. The quantitative estimate of drug-likeness (QED) is 0.550. The van der Waals surface area contributed by atoms with E-state index in [1.807, 2.05) is 0 Å².